The summed E-state index contributed by atoms with van der Waals surface area (Å²) in [5.74, 6) is -1.30. The van der Waals surface area contributed by atoms with E-state index >= 15 is 0 Å². The SMILES string of the molecule is COC(=O)C1=C(C)N(c2cccc(C(F)(F)F)c2)c2nn(CC(=O)N(C)CCCC[N+](C)(C)C)c(=O)n2C1c1ccc(C#N)cc1.[Br-]. The Hall–Kier alpha value is -4.42. The number of nitriles is 1. The van der Waals surface area contributed by atoms with E-state index in [1.54, 1.807) is 19.2 Å². The van der Waals surface area contributed by atoms with Gasteiger partial charge in [0.1, 0.15) is 12.6 Å². The highest BCUT2D eigenvalue weighted by Gasteiger charge is 2.41. The van der Waals surface area contributed by atoms with Crippen LogP contribution in [0.1, 0.15) is 42.5 Å². The number of fused-ring (bicyclic) bond motifs is 1. The average Bonchev–Trinajstić information content (AvgIpc) is 3.31. The van der Waals surface area contributed by atoms with Crippen molar-refractivity contribution < 1.29 is 49.0 Å². The molecular formula is C32H37BrF3N7O4. The number of esters is 1. The number of carbonyl (C=O) groups excluding carboxylic acids is 2. The maximum absolute atomic E-state index is 14.1. The summed E-state index contributed by atoms with van der Waals surface area (Å²) in [4.78, 5) is 43.4. The molecule has 2 aromatic carbocycles. The molecule has 1 aliphatic heterocycles. The third-order valence-electron chi connectivity index (χ3n) is 7.79. The standard InChI is InChI=1S/C32H37F3N7O4.BrH/c1-21-27(29(44)46-6)28(23-14-12-22(19-36)13-15-23)41-30(40(21)25-11-9-10-24(18-25)32(33,34)35)37-39(31(41)45)20-26(43)38(2)16-7-8-17-42(3,4)5;/h9-15,18,28H,7-8,16-17,20H2,1-6H3;1H/q+1;/p-1. The minimum atomic E-state index is -4.67. The van der Waals surface area contributed by atoms with E-state index in [0.717, 1.165) is 52.4 Å². The molecule has 0 bridgehead atoms. The number of likely N-dealkylation sites (N-methyl/N-ethyl adjacent to an activating group) is 1. The summed E-state index contributed by atoms with van der Waals surface area (Å²) in [7, 11) is 9.03. The van der Waals surface area contributed by atoms with E-state index in [1.807, 2.05) is 6.07 Å². The number of methoxy groups -OCH3 is 1. The number of unbranched alkanes of at least 4 members (excludes halogenated alkanes) is 1. The maximum Gasteiger partial charge on any atom is 0.416 e. The zero-order valence-electron chi connectivity index (χ0n) is 27.0. The third-order valence-corrected chi connectivity index (χ3v) is 7.79. The van der Waals surface area contributed by atoms with E-state index in [0.29, 0.717) is 17.7 Å². The molecule has 252 valence electrons. The van der Waals surface area contributed by atoms with Gasteiger partial charge in [0.15, 0.2) is 0 Å². The van der Waals surface area contributed by atoms with E-state index in [9.17, 15) is 32.8 Å². The number of rotatable bonds is 10. The minimum Gasteiger partial charge on any atom is -1.00 e. The number of hydrogen-bond donors (Lipinski definition) is 0. The molecule has 2 heterocycles. The summed E-state index contributed by atoms with van der Waals surface area (Å²) in [5.41, 5.74) is -0.810. The zero-order valence-corrected chi connectivity index (χ0v) is 28.6. The number of benzene rings is 2. The molecular weight excluding hydrogens is 683 g/mol. The van der Waals surface area contributed by atoms with Crippen molar-refractivity contribution >= 4 is 23.5 Å². The van der Waals surface area contributed by atoms with Gasteiger partial charge in [-0.3, -0.25) is 9.69 Å². The van der Waals surface area contributed by atoms with Gasteiger partial charge in [0, 0.05) is 25.0 Å². The summed E-state index contributed by atoms with van der Waals surface area (Å²) in [5, 5.41) is 13.8. The number of hydrogen-bond acceptors (Lipinski definition) is 7. The first-order valence-corrected chi connectivity index (χ1v) is 14.6. The smallest absolute Gasteiger partial charge is 0.416 e. The van der Waals surface area contributed by atoms with Gasteiger partial charge in [-0.15, -0.1) is 5.10 Å². The van der Waals surface area contributed by atoms with Crippen LogP contribution in [0.2, 0.25) is 0 Å². The van der Waals surface area contributed by atoms with E-state index in [2.05, 4.69) is 26.2 Å². The number of alkyl halides is 3. The first-order valence-electron chi connectivity index (χ1n) is 14.6. The summed E-state index contributed by atoms with van der Waals surface area (Å²) < 4.78 is 49.2. The molecule has 4 rings (SSSR count). The highest BCUT2D eigenvalue weighted by Crippen LogP contribution is 2.43. The normalized spacial score (nSPS) is 14.6. The maximum atomic E-state index is 14.1. The van der Waals surface area contributed by atoms with Crippen molar-refractivity contribution in [2.45, 2.75) is 38.5 Å². The fraction of sp³-hybridized carbons (Fsp3) is 0.406. The van der Waals surface area contributed by atoms with Crippen LogP contribution in [0.4, 0.5) is 24.8 Å². The van der Waals surface area contributed by atoms with Crippen LogP contribution in [0, 0.1) is 11.3 Å². The minimum absolute atomic E-state index is 0. The summed E-state index contributed by atoms with van der Waals surface area (Å²) in [6.07, 6.45) is -3.02. The van der Waals surface area contributed by atoms with Crippen LogP contribution in [-0.4, -0.2) is 84.0 Å². The van der Waals surface area contributed by atoms with Crippen LogP contribution >= 0.6 is 0 Å². The average molecular weight is 721 g/mol. The number of amides is 1. The van der Waals surface area contributed by atoms with Crippen molar-refractivity contribution in [2.75, 3.05) is 53.3 Å². The highest BCUT2D eigenvalue weighted by atomic mass is 79.9. The molecule has 1 amide bonds. The van der Waals surface area contributed by atoms with Gasteiger partial charge in [-0.25, -0.2) is 18.8 Å². The van der Waals surface area contributed by atoms with Crippen LogP contribution in [0.25, 0.3) is 0 Å². The lowest BCUT2D eigenvalue weighted by atomic mass is 9.93. The van der Waals surface area contributed by atoms with Crippen molar-refractivity contribution in [2.24, 2.45) is 0 Å². The van der Waals surface area contributed by atoms with Crippen molar-refractivity contribution in [3.63, 3.8) is 0 Å². The molecule has 1 aromatic heterocycles. The molecule has 0 fully saturated rings. The Morgan fingerprint density at radius 1 is 1.11 bits per heavy atom. The lowest BCUT2D eigenvalue weighted by molar-refractivity contribution is -0.870. The summed E-state index contributed by atoms with van der Waals surface area (Å²) >= 11 is 0. The van der Waals surface area contributed by atoms with Crippen LogP contribution in [0.3, 0.4) is 0 Å². The van der Waals surface area contributed by atoms with Gasteiger partial charge in [0.05, 0.1) is 57.6 Å². The predicted molar refractivity (Wildman–Crippen MR) is 164 cm³/mol. The largest absolute Gasteiger partial charge is 1.00 e. The first kappa shape index (κ1) is 37.0. The molecule has 47 heavy (non-hydrogen) atoms. The molecule has 3 aromatic rings. The fourth-order valence-electron chi connectivity index (χ4n) is 5.35. The lowest BCUT2D eigenvalue weighted by Crippen LogP contribution is -3.00. The van der Waals surface area contributed by atoms with Crippen molar-refractivity contribution in [1.29, 1.82) is 5.26 Å². The van der Waals surface area contributed by atoms with Gasteiger partial charge in [-0.05, 0) is 55.7 Å². The second kappa shape index (κ2) is 14.6. The van der Waals surface area contributed by atoms with Crippen molar-refractivity contribution in [3.05, 3.63) is 87.0 Å². The Morgan fingerprint density at radius 2 is 1.77 bits per heavy atom. The van der Waals surface area contributed by atoms with E-state index in [4.69, 9.17) is 4.74 Å². The second-order valence-corrected chi connectivity index (χ2v) is 12.2. The molecule has 0 radical (unpaired) electrons. The van der Waals surface area contributed by atoms with Gasteiger partial charge in [-0.1, -0.05) is 18.2 Å². The molecule has 0 N–H and O–H groups in total. The highest BCUT2D eigenvalue weighted by molar-refractivity contribution is 5.93. The molecule has 0 aliphatic carbocycles. The number of nitrogens with zero attached hydrogens (tertiary/aromatic N) is 7. The van der Waals surface area contributed by atoms with Gasteiger partial charge in [0.2, 0.25) is 11.9 Å². The van der Waals surface area contributed by atoms with Crippen molar-refractivity contribution in [1.82, 2.24) is 19.2 Å². The Morgan fingerprint density at radius 3 is 2.34 bits per heavy atom. The molecule has 1 unspecified atom stereocenters. The fourth-order valence-corrected chi connectivity index (χ4v) is 5.35. The number of carbonyl (C=O) groups is 2. The van der Waals surface area contributed by atoms with E-state index in [1.165, 1.54) is 41.0 Å². The van der Waals surface area contributed by atoms with Gasteiger partial charge in [-0.2, -0.15) is 18.4 Å². The first-order chi connectivity index (χ1) is 21.6. The molecule has 0 saturated carbocycles. The number of quaternary nitrogens is 1. The van der Waals surface area contributed by atoms with E-state index in [-0.39, 0.29) is 45.8 Å². The summed E-state index contributed by atoms with van der Waals surface area (Å²) in [6, 6.07) is 11.5. The molecule has 1 atom stereocenters. The number of ether oxygens (including phenoxy) is 1. The molecule has 1 aliphatic rings. The Labute approximate surface area is 281 Å². The number of halogens is 4. The van der Waals surface area contributed by atoms with Crippen LogP contribution < -0.4 is 27.6 Å². The van der Waals surface area contributed by atoms with Gasteiger partial charge >= 0.3 is 17.8 Å². The Kier molecular flexibility index (Phi) is 11.5. The van der Waals surface area contributed by atoms with Crippen LogP contribution in [0.15, 0.2) is 64.6 Å². The summed E-state index contributed by atoms with van der Waals surface area (Å²) in [6.45, 7) is 2.46. The lowest BCUT2D eigenvalue weighted by Gasteiger charge is -2.35. The molecule has 15 heteroatoms. The molecule has 11 nitrogen and oxygen atoms in total. The number of allylic oxidation sites excluding steroid dienone is 1. The van der Waals surface area contributed by atoms with Crippen molar-refractivity contribution in [3.8, 4) is 6.07 Å². The second-order valence-electron chi connectivity index (χ2n) is 12.2. The van der Waals surface area contributed by atoms with Crippen LogP contribution in [-0.2, 0) is 27.0 Å². The van der Waals surface area contributed by atoms with Crippen LogP contribution in [0.5, 0.6) is 0 Å². The van der Waals surface area contributed by atoms with Gasteiger partial charge < -0.3 is 31.1 Å². The number of anilines is 2. The topological polar surface area (TPSA) is 113 Å². The Balaban J connectivity index is 0.00000600. The third kappa shape index (κ3) is 8.12. The molecule has 0 saturated heterocycles. The van der Waals surface area contributed by atoms with Gasteiger partial charge in [0.25, 0.3) is 0 Å². The molecule has 0 spiro atoms. The number of aromatic nitrogens is 3. The zero-order chi connectivity index (χ0) is 34.0. The Bertz CT molecular complexity index is 1750. The quantitative estimate of drug-likeness (QED) is 0.175. The van der Waals surface area contributed by atoms with E-state index < -0.39 is 36.0 Å². The predicted octanol–water partition coefficient (Wildman–Crippen LogP) is 1.07. The monoisotopic (exact) mass is 719 g/mol.